The van der Waals surface area contributed by atoms with Crippen molar-refractivity contribution in [1.29, 1.82) is 0 Å². The average Bonchev–Trinajstić information content (AvgIpc) is 1.58. The lowest BCUT2D eigenvalue weighted by Crippen LogP contribution is -2.58. The van der Waals surface area contributed by atoms with Crippen molar-refractivity contribution in [2.45, 2.75) is 108 Å². The summed E-state index contributed by atoms with van der Waals surface area (Å²) >= 11 is 5.02. The highest BCUT2D eigenvalue weighted by atomic mass is 32.1. The van der Waals surface area contributed by atoms with Crippen molar-refractivity contribution in [1.82, 2.24) is 70.6 Å². The van der Waals surface area contributed by atoms with Gasteiger partial charge in [-0.15, -0.1) is 56.7 Å². The lowest BCUT2D eigenvalue weighted by molar-refractivity contribution is -0.268. The number of thiazole rings is 5. The number of nitrogens with one attached hydrogen (secondary N) is 4. The van der Waals surface area contributed by atoms with E-state index in [2.05, 4.69) is 31.2 Å². The lowest BCUT2D eigenvalue weighted by atomic mass is 9.86. The van der Waals surface area contributed by atoms with E-state index in [0.29, 0.717) is 43.0 Å². The molecule has 8 aromatic rings. The molecule has 10 unspecified atom stereocenters. The maximum atomic E-state index is 15.3. The molecule has 32 nitrogen and oxygen atoms in total. The third-order valence-electron chi connectivity index (χ3n) is 18.5. The number of rotatable bonds is 9. The molecule has 6 aliphatic heterocycles. The van der Waals surface area contributed by atoms with Gasteiger partial charge in [-0.3, -0.25) is 33.8 Å². The van der Waals surface area contributed by atoms with E-state index in [-0.39, 0.29) is 136 Å². The molecule has 102 heavy (non-hydrogen) atoms. The highest BCUT2D eigenvalue weighted by Crippen LogP contribution is 2.45. The summed E-state index contributed by atoms with van der Waals surface area (Å²) < 4.78 is 51.2. The Hall–Kier alpha value is -8.83. The molecule has 0 saturated carbocycles. The van der Waals surface area contributed by atoms with Gasteiger partial charge in [0.05, 0.1) is 63.5 Å². The number of ether oxygens (including phenoxy) is 8. The van der Waals surface area contributed by atoms with E-state index in [9.17, 15) is 29.8 Å². The van der Waals surface area contributed by atoms with Gasteiger partial charge in [-0.2, -0.15) is 4.73 Å². The van der Waals surface area contributed by atoms with Crippen molar-refractivity contribution in [2.24, 2.45) is 0 Å². The van der Waals surface area contributed by atoms with Crippen LogP contribution in [0.25, 0.3) is 49.3 Å². The molecule has 0 aliphatic carbocycles. The fraction of sp³-hybridized carbons (Fsp3) is 0.431. The predicted octanol–water partition coefficient (Wildman–Crippen LogP) is 4.58. The Morgan fingerprint density at radius 3 is 2.26 bits per heavy atom. The van der Waals surface area contributed by atoms with Gasteiger partial charge in [-0.1, -0.05) is 12.1 Å². The number of carbonyl (C=O) groups excluding carboxylic acids is 7. The first-order valence-electron chi connectivity index (χ1n) is 32.2. The smallest absolute Gasteiger partial charge is 0.358 e. The lowest BCUT2D eigenvalue weighted by Gasteiger charge is -2.45. The number of carbonyl (C=O) groups is 7. The Balaban J connectivity index is 0.925. The zero-order valence-corrected chi connectivity index (χ0v) is 59.7. The van der Waals surface area contributed by atoms with Crippen LogP contribution in [0.15, 0.2) is 56.9 Å². The van der Waals surface area contributed by atoms with Gasteiger partial charge in [-0.25, -0.2) is 39.5 Å². The van der Waals surface area contributed by atoms with E-state index in [1.54, 1.807) is 33.9 Å². The minimum Gasteiger partial charge on any atom is -0.499 e. The number of allylic oxidation sites excluding steroid dienone is 1. The Labute approximate surface area is 600 Å². The number of benzene rings is 1. The van der Waals surface area contributed by atoms with Crippen molar-refractivity contribution in [3.05, 3.63) is 112 Å². The number of hydrogen-bond donors (Lipinski definition) is 7. The molecule has 536 valence electrons. The first kappa shape index (κ1) is 70.2. The van der Waals surface area contributed by atoms with Crippen molar-refractivity contribution < 1.29 is 86.9 Å². The first-order chi connectivity index (χ1) is 49.1. The predicted molar refractivity (Wildman–Crippen MR) is 366 cm³/mol. The number of aromatic nitrogens is 7. The van der Waals surface area contributed by atoms with Crippen LogP contribution in [0.1, 0.15) is 125 Å². The second-order valence-electron chi connectivity index (χ2n) is 25.1. The minimum atomic E-state index is -1.82. The summed E-state index contributed by atoms with van der Waals surface area (Å²) in [5.74, 6) is -5.64. The largest absolute Gasteiger partial charge is 0.499 e. The third-order valence-corrected chi connectivity index (χ3v) is 23.0. The van der Waals surface area contributed by atoms with Gasteiger partial charge in [0.25, 0.3) is 23.6 Å². The number of esters is 2. The molecule has 5 amide bonds. The van der Waals surface area contributed by atoms with Crippen LogP contribution in [-0.2, 0) is 56.0 Å². The Bertz CT molecular complexity index is 4650. The summed E-state index contributed by atoms with van der Waals surface area (Å²) in [6.45, 7) is 7.65. The number of β-amino-alcohol motifs (C(OH)–C–C–N with tert-alkyl or cyclic N) is 1. The summed E-state index contributed by atoms with van der Waals surface area (Å²) in [6, 6.07) is 1.66. The molecule has 1 aromatic carbocycles. The number of aliphatic hydroxyl groups is 2. The van der Waals surface area contributed by atoms with Gasteiger partial charge >= 0.3 is 11.9 Å². The SMILES string of the molecule is CO/C(C)=C1/NC(=O)C(C(C)O)NC(=O)c2csc(n2)-c2cc(OC)c(-c3nc(C(=O)N4CCN(CCO)CC4)cs3)nc2-c2csc(n2)C2COC(=O)c3c4c5c(cccc5n3O)COC(=O)C(OC3CC5(C)OCN(C)C5C(C)O3)C(OC4)C(NC(=O)c3csc1n3)c1nc(cs1)C(=O)N2. The zero-order chi connectivity index (χ0) is 71.6. The molecule has 13 heterocycles. The monoisotopic (exact) mass is 1490 g/mol. The van der Waals surface area contributed by atoms with Crippen molar-refractivity contribution >= 4 is 115 Å². The van der Waals surface area contributed by atoms with E-state index in [4.69, 9.17) is 62.8 Å². The van der Waals surface area contributed by atoms with E-state index in [0.717, 1.165) is 56.7 Å². The second-order valence-corrected chi connectivity index (χ2v) is 29.4. The quantitative estimate of drug-likeness (QED) is 0.0590. The minimum absolute atomic E-state index is 0.00874. The Kier molecular flexibility index (Phi) is 19.8. The number of pyridine rings is 1. The van der Waals surface area contributed by atoms with Crippen LogP contribution in [0.3, 0.4) is 0 Å². The first-order valence-corrected chi connectivity index (χ1v) is 36.6. The molecule has 6 aliphatic rings. The normalized spacial score (nSPS) is 25.4. The molecule has 10 atom stereocenters. The van der Waals surface area contributed by atoms with E-state index >= 15 is 19.2 Å². The zero-order valence-electron chi connectivity index (χ0n) is 55.6. The molecule has 3 fully saturated rings. The van der Waals surface area contributed by atoms with Gasteiger partial charge in [0.2, 0.25) is 5.91 Å². The molecular weight excluding hydrogens is 1430 g/mol. The fourth-order valence-corrected chi connectivity index (χ4v) is 17.6. The summed E-state index contributed by atoms with van der Waals surface area (Å²) in [5, 5.41) is 52.6. The average molecular weight is 1490 g/mol. The number of amides is 5. The van der Waals surface area contributed by atoms with Gasteiger partial charge in [-0.05, 0) is 52.4 Å². The Morgan fingerprint density at radius 1 is 0.814 bits per heavy atom. The fourth-order valence-electron chi connectivity index (χ4n) is 13.4. The molecule has 12 bridgehead atoms. The van der Waals surface area contributed by atoms with Crippen LogP contribution in [-0.4, -0.2) is 229 Å². The van der Waals surface area contributed by atoms with E-state index in [1.807, 2.05) is 25.8 Å². The number of piperazine rings is 1. The molecule has 0 spiro atoms. The summed E-state index contributed by atoms with van der Waals surface area (Å²) in [4.78, 5) is 139. The Morgan fingerprint density at radius 2 is 1.51 bits per heavy atom. The molecule has 7 aromatic heterocycles. The van der Waals surface area contributed by atoms with Crippen LogP contribution in [0.2, 0.25) is 0 Å². The standard InChI is InChI=1S/C65H68N14O18S5/c1-28(81)44-56(85)74-45(29(2)90-6)59-69-38(25-100-59)55(84)75-48-50-51(97-42-18-65(4)52(30(3)96-42)76(5)27-95-65)64(88)93-19-31-9-8-10-40-43(31)33(20-92-50)49(79(40)89)63(87)94-21-34(66-53(82)36-24-101-61(48)70-36)58-67-35(22-99-58)46-32(57-68-37(23-98-57)54(83)73-44)17-41(91-7)47(72-46)60-71-39(26-102-60)62(86)78-13-11-77(12-14-78)15-16-80/h8-10,17,22-26,28,30,34,42,44,48,50-52,80-81,89H,11-16,18-21,27H2,1-7H3,(H,66,82)(H,73,83)(H,74,85)(H,75,84)/b45-29+. The van der Waals surface area contributed by atoms with Crippen LogP contribution >= 0.6 is 56.7 Å². The third kappa shape index (κ3) is 13.4. The molecule has 14 rings (SSSR count). The van der Waals surface area contributed by atoms with E-state index in [1.165, 1.54) is 50.3 Å². The van der Waals surface area contributed by atoms with Gasteiger partial charge in [0.1, 0.15) is 120 Å². The van der Waals surface area contributed by atoms with E-state index < -0.39 is 116 Å². The maximum Gasteiger partial charge on any atom is 0.358 e. The van der Waals surface area contributed by atoms with Crippen LogP contribution in [0, 0.1) is 0 Å². The molecular formula is C65H68N14O18S5. The molecule has 37 heteroatoms. The van der Waals surface area contributed by atoms with Gasteiger partial charge in [0.15, 0.2) is 18.1 Å². The maximum absolute atomic E-state index is 15.3. The highest BCUT2D eigenvalue weighted by molar-refractivity contribution is 7.14. The number of hydrogen-bond acceptors (Lipinski definition) is 31. The number of fused-ring (bicyclic) bond motifs is 16. The number of likely N-dealkylation sites (N-methyl/N-ethyl adjacent to an activating group) is 1. The number of nitrogens with zero attached hydrogens (tertiary/aromatic N) is 10. The molecule has 0 radical (unpaired) electrons. The van der Waals surface area contributed by atoms with Crippen LogP contribution in [0.4, 0.5) is 0 Å². The number of cyclic esters (lactones) is 2. The van der Waals surface area contributed by atoms with Gasteiger partial charge in [0, 0.05) is 82.6 Å². The summed E-state index contributed by atoms with van der Waals surface area (Å²) in [6.07, 6.45) is -6.65. The topological polar surface area (TPSA) is 394 Å². The summed E-state index contributed by atoms with van der Waals surface area (Å²) in [7, 11) is 4.65. The number of aliphatic hydroxyl groups excluding tert-OH is 2. The summed E-state index contributed by atoms with van der Waals surface area (Å²) in [5.41, 5.74) is -0.518. The second kappa shape index (κ2) is 28.8. The van der Waals surface area contributed by atoms with Crippen LogP contribution < -0.4 is 26.0 Å². The molecule has 3 saturated heterocycles. The van der Waals surface area contributed by atoms with Crippen molar-refractivity contribution in [2.75, 3.05) is 73.9 Å². The van der Waals surface area contributed by atoms with Crippen molar-refractivity contribution in [3.8, 4) is 38.4 Å². The van der Waals surface area contributed by atoms with Crippen molar-refractivity contribution in [3.63, 3.8) is 0 Å². The number of methoxy groups -OCH3 is 2. The van der Waals surface area contributed by atoms with Gasteiger partial charge < -0.3 is 79.5 Å². The molecule has 7 N–H and O–H groups in total. The highest BCUT2D eigenvalue weighted by Gasteiger charge is 2.54. The van der Waals surface area contributed by atoms with Crippen LogP contribution in [0.5, 0.6) is 5.75 Å².